The van der Waals surface area contributed by atoms with E-state index in [0.717, 1.165) is 18.8 Å². The van der Waals surface area contributed by atoms with Crippen LogP contribution in [0.1, 0.15) is 39.0 Å². The van der Waals surface area contributed by atoms with Crippen LogP contribution in [-0.4, -0.2) is 47.7 Å². The molecule has 1 fully saturated rings. The van der Waals surface area contributed by atoms with Crippen LogP contribution >= 0.6 is 0 Å². The molecule has 1 saturated carbocycles. The first-order valence-electron chi connectivity index (χ1n) is 7.52. The van der Waals surface area contributed by atoms with E-state index in [4.69, 9.17) is 4.74 Å². The average Bonchev–Trinajstić information content (AvgIpc) is 2.94. The van der Waals surface area contributed by atoms with Crippen molar-refractivity contribution < 1.29 is 4.74 Å². The van der Waals surface area contributed by atoms with Crippen LogP contribution in [-0.2, 0) is 0 Å². The van der Waals surface area contributed by atoms with Crippen LogP contribution in [0.25, 0.3) is 0 Å². The SMILES string of the molecule is CCCOc1cc(NCC2(N(C)C)CCCC2)ncn1. The third kappa shape index (κ3) is 3.60. The van der Waals surface area contributed by atoms with Gasteiger partial charge in [-0.1, -0.05) is 19.8 Å². The van der Waals surface area contributed by atoms with Crippen molar-refractivity contribution >= 4 is 5.82 Å². The van der Waals surface area contributed by atoms with Crippen LogP contribution in [0.3, 0.4) is 0 Å². The predicted octanol–water partition coefficient (Wildman–Crippen LogP) is 2.55. The fourth-order valence-corrected chi connectivity index (χ4v) is 2.79. The van der Waals surface area contributed by atoms with Gasteiger partial charge in [-0.15, -0.1) is 0 Å². The highest BCUT2D eigenvalue weighted by atomic mass is 16.5. The van der Waals surface area contributed by atoms with Crippen molar-refractivity contribution in [2.24, 2.45) is 0 Å². The molecule has 0 saturated heterocycles. The van der Waals surface area contributed by atoms with E-state index in [2.05, 4.69) is 41.2 Å². The van der Waals surface area contributed by atoms with Crippen molar-refractivity contribution in [3.8, 4) is 5.88 Å². The maximum atomic E-state index is 5.54. The highest BCUT2D eigenvalue weighted by Crippen LogP contribution is 2.33. The number of nitrogens with one attached hydrogen (secondary N) is 1. The Hall–Kier alpha value is -1.36. The highest BCUT2D eigenvalue weighted by molar-refractivity contribution is 5.37. The van der Waals surface area contributed by atoms with E-state index in [1.54, 1.807) is 6.33 Å². The van der Waals surface area contributed by atoms with E-state index >= 15 is 0 Å². The fraction of sp³-hybridized carbons (Fsp3) is 0.733. The lowest BCUT2D eigenvalue weighted by Gasteiger charge is -2.36. The molecule has 0 radical (unpaired) electrons. The summed E-state index contributed by atoms with van der Waals surface area (Å²) in [5.41, 5.74) is 0.259. The van der Waals surface area contributed by atoms with E-state index in [-0.39, 0.29) is 5.54 Å². The van der Waals surface area contributed by atoms with E-state index in [1.807, 2.05) is 6.07 Å². The van der Waals surface area contributed by atoms with E-state index in [1.165, 1.54) is 25.7 Å². The van der Waals surface area contributed by atoms with Crippen molar-refractivity contribution in [1.82, 2.24) is 14.9 Å². The van der Waals surface area contributed by atoms with Gasteiger partial charge in [-0.2, -0.15) is 0 Å². The molecule has 0 atom stereocenters. The number of rotatable bonds is 7. The molecule has 1 aliphatic carbocycles. The van der Waals surface area contributed by atoms with Crippen molar-refractivity contribution in [2.75, 3.05) is 32.6 Å². The minimum absolute atomic E-state index is 0.259. The van der Waals surface area contributed by atoms with Gasteiger partial charge in [0.2, 0.25) is 5.88 Å². The average molecular weight is 278 g/mol. The molecule has 1 N–H and O–H groups in total. The van der Waals surface area contributed by atoms with Crippen LogP contribution < -0.4 is 10.1 Å². The lowest BCUT2D eigenvalue weighted by molar-refractivity contribution is 0.172. The molecule has 112 valence electrons. The first-order valence-corrected chi connectivity index (χ1v) is 7.52. The molecule has 20 heavy (non-hydrogen) atoms. The van der Waals surface area contributed by atoms with Crippen LogP contribution in [0.2, 0.25) is 0 Å². The Labute approximate surface area is 121 Å². The number of nitrogens with zero attached hydrogens (tertiary/aromatic N) is 3. The van der Waals surface area contributed by atoms with Gasteiger partial charge in [0.1, 0.15) is 12.1 Å². The summed E-state index contributed by atoms with van der Waals surface area (Å²) in [5.74, 6) is 1.49. The molecule has 0 unspecified atom stereocenters. The molecule has 1 aromatic rings. The lowest BCUT2D eigenvalue weighted by atomic mass is 9.96. The largest absolute Gasteiger partial charge is 0.478 e. The minimum Gasteiger partial charge on any atom is -0.478 e. The van der Waals surface area contributed by atoms with E-state index in [9.17, 15) is 0 Å². The van der Waals surface area contributed by atoms with Crippen molar-refractivity contribution in [3.05, 3.63) is 12.4 Å². The first-order chi connectivity index (χ1) is 9.66. The molecule has 1 aliphatic rings. The van der Waals surface area contributed by atoms with Gasteiger partial charge in [-0.05, 0) is 33.4 Å². The Bertz CT molecular complexity index is 416. The summed E-state index contributed by atoms with van der Waals surface area (Å²) in [6, 6.07) is 1.88. The second-order valence-corrected chi connectivity index (χ2v) is 5.77. The van der Waals surface area contributed by atoms with Crippen LogP contribution in [0.4, 0.5) is 5.82 Å². The monoisotopic (exact) mass is 278 g/mol. The zero-order chi connectivity index (χ0) is 14.4. The molecule has 0 bridgehead atoms. The number of likely N-dealkylation sites (N-methyl/N-ethyl adjacent to an activating group) is 1. The standard InChI is InChI=1S/C15H26N4O/c1-4-9-20-14-10-13(17-12-18-14)16-11-15(19(2)3)7-5-6-8-15/h10,12H,4-9,11H2,1-3H3,(H,16,17,18). The lowest BCUT2D eigenvalue weighted by Crippen LogP contribution is -2.47. The zero-order valence-corrected chi connectivity index (χ0v) is 12.9. The quantitative estimate of drug-likeness (QED) is 0.830. The van der Waals surface area contributed by atoms with Gasteiger partial charge >= 0.3 is 0 Å². The number of ether oxygens (including phenoxy) is 1. The topological polar surface area (TPSA) is 50.3 Å². The van der Waals surface area contributed by atoms with Gasteiger partial charge in [0, 0.05) is 18.2 Å². The third-order valence-corrected chi connectivity index (χ3v) is 4.18. The summed E-state index contributed by atoms with van der Waals surface area (Å²) < 4.78 is 5.54. The van der Waals surface area contributed by atoms with Crippen molar-refractivity contribution in [2.45, 2.75) is 44.6 Å². The molecule has 0 aromatic carbocycles. The first kappa shape index (κ1) is 15.0. The Balaban J connectivity index is 1.95. The Morgan fingerprint density at radius 1 is 1.30 bits per heavy atom. The summed E-state index contributed by atoms with van der Waals surface area (Å²) in [6.45, 7) is 3.70. The zero-order valence-electron chi connectivity index (χ0n) is 12.9. The van der Waals surface area contributed by atoms with Crippen LogP contribution in [0.5, 0.6) is 5.88 Å². The minimum atomic E-state index is 0.259. The third-order valence-electron chi connectivity index (χ3n) is 4.18. The molecule has 5 nitrogen and oxygen atoms in total. The highest BCUT2D eigenvalue weighted by Gasteiger charge is 2.35. The summed E-state index contributed by atoms with van der Waals surface area (Å²) >= 11 is 0. The van der Waals surface area contributed by atoms with Gasteiger partial charge < -0.3 is 15.0 Å². The maximum absolute atomic E-state index is 5.54. The Kier molecular flexibility index (Phi) is 5.17. The van der Waals surface area contributed by atoms with Crippen molar-refractivity contribution in [1.29, 1.82) is 0 Å². The van der Waals surface area contributed by atoms with Gasteiger partial charge in [-0.3, -0.25) is 0 Å². The maximum Gasteiger partial charge on any atom is 0.218 e. The van der Waals surface area contributed by atoms with E-state index < -0.39 is 0 Å². The Morgan fingerprint density at radius 3 is 2.70 bits per heavy atom. The Morgan fingerprint density at radius 2 is 2.05 bits per heavy atom. The normalized spacial score (nSPS) is 17.4. The number of hydrogen-bond donors (Lipinski definition) is 1. The molecular formula is C15H26N4O. The predicted molar refractivity (Wildman–Crippen MR) is 81.2 cm³/mol. The van der Waals surface area contributed by atoms with Gasteiger partial charge in [0.25, 0.3) is 0 Å². The van der Waals surface area contributed by atoms with Crippen molar-refractivity contribution in [3.63, 3.8) is 0 Å². The molecule has 5 heteroatoms. The second-order valence-electron chi connectivity index (χ2n) is 5.77. The van der Waals surface area contributed by atoms with Gasteiger partial charge in [0.15, 0.2) is 0 Å². The molecule has 1 heterocycles. The molecular weight excluding hydrogens is 252 g/mol. The summed E-state index contributed by atoms with van der Waals surface area (Å²) in [4.78, 5) is 10.8. The fourth-order valence-electron chi connectivity index (χ4n) is 2.79. The summed E-state index contributed by atoms with van der Waals surface area (Å²) in [6.07, 6.45) is 7.67. The van der Waals surface area contributed by atoms with Crippen LogP contribution in [0.15, 0.2) is 12.4 Å². The summed E-state index contributed by atoms with van der Waals surface area (Å²) in [5, 5.41) is 3.45. The van der Waals surface area contributed by atoms with E-state index in [0.29, 0.717) is 12.5 Å². The molecule has 2 rings (SSSR count). The molecule has 1 aromatic heterocycles. The van der Waals surface area contributed by atoms with Gasteiger partial charge in [-0.25, -0.2) is 9.97 Å². The molecule has 0 aliphatic heterocycles. The molecule has 0 amide bonds. The number of anilines is 1. The second kappa shape index (κ2) is 6.88. The van der Waals surface area contributed by atoms with Crippen LogP contribution in [0, 0.1) is 0 Å². The summed E-state index contributed by atoms with van der Waals surface area (Å²) in [7, 11) is 4.34. The number of aromatic nitrogens is 2. The van der Waals surface area contributed by atoms with Gasteiger partial charge in [0.05, 0.1) is 6.61 Å². The number of hydrogen-bond acceptors (Lipinski definition) is 5. The smallest absolute Gasteiger partial charge is 0.218 e. The molecule has 0 spiro atoms.